The van der Waals surface area contributed by atoms with E-state index >= 15 is 0 Å². The lowest BCUT2D eigenvalue weighted by atomic mass is 9.96. The first-order chi connectivity index (χ1) is 15.0. The molecule has 1 aliphatic rings. The van der Waals surface area contributed by atoms with Crippen molar-refractivity contribution >= 4 is 5.69 Å². The van der Waals surface area contributed by atoms with Gasteiger partial charge in [-0.1, -0.05) is 12.1 Å². The Morgan fingerprint density at radius 3 is 2.42 bits per heavy atom. The summed E-state index contributed by atoms with van der Waals surface area (Å²) in [5.41, 5.74) is 2.41. The molecule has 0 aliphatic carbocycles. The molecule has 0 spiro atoms. The monoisotopic (exact) mass is 422 g/mol. The molecule has 6 nitrogen and oxygen atoms in total. The quantitative estimate of drug-likeness (QED) is 0.684. The second kappa shape index (κ2) is 8.89. The number of hydrogen-bond donors (Lipinski definition) is 1. The summed E-state index contributed by atoms with van der Waals surface area (Å²) in [6.07, 6.45) is 3.39. The van der Waals surface area contributed by atoms with E-state index < -0.39 is 6.04 Å². The summed E-state index contributed by atoms with van der Waals surface area (Å²) < 4.78 is 15.9. The van der Waals surface area contributed by atoms with Crippen molar-refractivity contribution in [3.05, 3.63) is 87.9 Å². The van der Waals surface area contributed by atoms with Crippen LogP contribution >= 0.6 is 0 Å². The van der Waals surface area contributed by atoms with Gasteiger partial charge in [-0.2, -0.15) is 0 Å². The Bertz CT molecular complexity index is 1110. The maximum atomic E-state index is 14.2. The Morgan fingerprint density at radius 1 is 1.10 bits per heavy atom. The maximum absolute atomic E-state index is 14.2. The third-order valence-electron chi connectivity index (χ3n) is 6.01. The van der Waals surface area contributed by atoms with Crippen molar-refractivity contribution in [1.29, 1.82) is 0 Å². The molecule has 0 unspecified atom stereocenters. The number of piperazine rings is 1. The van der Waals surface area contributed by atoms with Crippen LogP contribution in [0.3, 0.4) is 0 Å². The zero-order chi connectivity index (χ0) is 22.0. The number of hydrogen-bond acceptors (Lipinski definition) is 5. The average Bonchev–Trinajstić information content (AvgIpc) is 2.78. The number of halogens is 1. The lowest BCUT2D eigenvalue weighted by Crippen LogP contribution is -2.49. The van der Waals surface area contributed by atoms with Crippen molar-refractivity contribution in [2.24, 2.45) is 0 Å². The van der Waals surface area contributed by atoms with Gasteiger partial charge in [0.2, 0.25) is 0 Å². The fraction of sp³-hybridized carbons (Fsp3) is 0.333. The number of benzene rings is 1. The van der Waals surface area contributed by atoms with Gasteiger partial charge < -0.3 is 14.6 Å². The molecule has 4 rings (SSSR count). The predicted molar refractivity (Wildman–Crippen MR) is 119 cm³/mol. The minimum atomic E-state index is -0.406. The summed E-state index contributed by atoms with van der Waals surface area (Å²) in [6.45, 7) is 6.77. The third kappa shape index (κ3) is 4.05. The zero-order valence-corrected chi connectivity index (χ0v) is 17.8. The highest BCUT2D eigenvalue weighted by molar-refractivity contribution is 5.48. The van der Waals surface area contributed by atoms with Crippen LogP contribution < -0.4 is 10.5 Å². The smallest absolute Gasteiger partial charge is 0.259 e. The molecule has 3 heterocycles. The molecule has 1 aromatic carbocycles. The van der Waals surface area contributed by atoms with Gasteiger partial charge in [-0.05, 0) is 49.7 Å². The Kier molecular flexibility index (Phi) is 6.04. The molecule has 0 amide bonds. The van der Waals surface area contributed by atoms with E-state index in [4.69, 9.17) is 0 Å². The molecule has 0 saturated carbocycles. The van der Waals surface area contributed by atoms with Crippen LogP contribution in [0.15, 0.2) is 59.7 Å². The molecule has 1 fully saturated rings. The van der Waals surface area contributed by atoms with Gasteiger partial charge in [-0.3, -0.25) is 14.7 Å². The number of para-hydroxylation sites is 1. The van der Waals surface area contributed by atoms with E-state index in [-0.39, 0.29) is 17.1 Å². The van der Waals surface area contributed by atoms with E-state index in [1.165, 1.54) is 6.07 Å². The van der Waals surface area contributed by atoms with Gasteiger partial charge in [0.25, 0.3) is 5.56 Å². The number of aryl methyl sites for hydroxylation is 1. The predicted octanol–water partition coefficient (Wildman–Crippen LogP) is 3.33. The van der Waals surface area contributed by atoms with Crippen LogP contribution in [-0.2, 0) is 6.54 Å². The van der Waals surface area contributed by atoms with Crippen LogP contribution in [0.1, 0.15) is 29.8 Å². The highest BCUT2D eigenvalue weighted by atomic mass is 19.1. The van der Waals surface area contributed by atoms with Gasteiger partial charge >= 0.3 is 0 Å². The van der Waals surface area contributed by atoms with Crippen molar-refractivity contribution in [2.45, 2.75) is 26.4 Å². The van der Waals surface area contributed by atoms with Crippen LogP contribution in [0, 0.1) is 12.7 Å². The second-order valence-electron chi connectivity index (χ2n) is 7.79. The molecule has 7 heteroatoms. The van der Waals surface area contributed by atoms with Crippen molar-refractivity contribution in [3.63, 3.8) is 0 Å². The van der Waals surface area contributed by atoms with Crippen molar-refractivity contribution in [1.82, 2.24) is 14.5 Å². The summed E-state index contributed by atoms with van der Waals surface area (Å²) in [6, 6.07) is 11.8. The SMILES string of the molecule is CCn1c(C)cc(O)c([C@@H](c2ccncc2)N2CCN(c3ccccc3F)CC2)c1=O. The molecule has 162 valence electrons. The summed E-state index contributed by atoms with van der Waals surface area (Å²) in [7, 11) is 0. The standard InChI is InChI=1S/C24H27FN4O2/c1-3-29-17(2)16-21(30)22(24(29)31)23(18-8-10-26-11-9-18)28-14-12-27(13-15-28)20-7-5-4-6-19(20)25/h4-11,16,23,30H,3,12-15H2,1-2H3/t23-/m1/s1. The minimum absolute atomic E-state index is 0.00513. The van der Waals surface area contributed by atoms with Gasteiger partial charge in [-0.15, -0.1) is 0 Å². The molecule has 1 saturated heterocycles. The zero-order valence-electron chi connectivity index (χ0n) is 17.8. The van der Waals surface area contributed by atoms with E-state index in [1.807, 2.05) is 36.9 Å². The molecule has 2 aromatic heterocycles. The van der Waals surface area contributed by atoms with E-state index in [2.05, 4.69) is 9.88 Å². The Morgan fingerprint density at radius 2 is 1.77 bits per heavy atom. The lowest BCUT2D eigenvalue weighted by molar-refractivity contribution is 0.207. The van der Waals surface area contributed by atoms with Gasteiger partial charge in [0, 0.05) is 50.8 Å². The first kappa shape index (κ1) is 21.1. The molecular formula is C24H27FN4O2. The molecule has 1 N–H and O–H groups in total. The van der Waals surface area contributed by atoms with Gasteiger partial charge in [0.1, 0.15) is 11.6 Å². The third-order valence-corrected chi connectivity index (χ3v) is 6.01. The summed E-state index contributed by atoms with van der Waals surface area (Å²) in [5, 5.41) is 10.8. The molecule has 0 bridgehead atoms. The minimum Gasteiger partial charge on any atom is -0.507 e. The first-order valence-electron chi connectivity index (χ1n) is 10.6. The highest BCUT2D eigenvalue weighted by Crippen LogP contribution is 2.33. The van der Waals surface area contributed by atoms with Crippen LogP contribution in [0.25, 0.3) is 0 Å². The Balaban J connectivity index is 1.71. The lowest BCUT2D eigenvalue weighted by Gasteiger charge is -2.40. The molecule has 0 radical (unpaired) electrons. The number of nitrogens with zero attached hydrogens (tertiary/aromatic N) is 4. The number of aromatic hydroxyl groups is 1. The second-order valence-corrected chi connectivity index (χ2v) is 7.79. The number of aromatic nitrogens is 2. The number of pyridine rings is 2. The van der Waals surface area contributed by atoms with Crippen LogP contribution in [0.4, 0.5) is 10.1 Å². The summed E-state index contributed by atoms with van der Waals surface area (Å²) in [4.78, 5) is 21.6. The average molecular weight is 423 g/mol. The fourth-order valence-electron chi connectivity index (χ4n) is 4.45. The van der Waals surface area contributed by atoms with Crippen molar-refractivity contribution in [3.8, 4) is 5.75 Å². The summed E-state index contributed by atoms with van der Waals surface area (Å²) in [5.74, 6) is -0.228. The van der Waals surface area contributed by atoms with E-state index in [0.717, 1.165) is 11.3 Å². The number of rotatable bonds is 5. The van der Waals surface area contributed by atoms with Gasteiger partial charge in [-0.25, -0.2) is 4.39 Å². The van der Waals surface area contributed by atoms with Gasteiger partial charge in [0.15, 0.2) is 0 Å². The highest BCUT2D eigenvalue weighted by Gasteiger charge is 2.31. The van der Waals surface area contributed by atoms with E-state index in [9.17, 15) is 14.3 Å². The first-order valence-corrected chi connectivity index (χ1v) is 10.6. The summed E-state index contributed by atoms with van der Waals surface area (Å²) >= 11 is 0. The number of anilines is 1. The molecule has 1 atom stereocenters. The molecule has 31 heavy (non-hydrogen) atoms. The van der Waals surface area contributed by atoms with Gasteiger partial charge in [0.05, 0.1) is 17.3 Å². The maximum Gasteiger partial charge on any atom is 0.259 e. The van der Waals surface area contributed by atoms with Crippen LogP contribution in [-0.4, -0.2) is 45.7 Å². The fourth-order valence-corrected chi connectivity index (χ4v) is 4.45. The molecule has 3 aromatic rings. The van der Waals surface area contributed by atoms with Crippen LogP contribution in [0.2, 0.25) is 0 Å². The van der Waals surface area contributed by atoms with E-state index in [1.54, 1.807) is 35.2 Å². The molecule has 1 aliphatic heterocycles. The van der Waals surface area contributed by atoms with Crippen molar-refractivity contribution in [2.75, 3.05) is 31.1 Å². The van der Waals surface area contributed by atoms with Crippen molar-refractivity contribution < 1.29 is 9.50 Å². The van der Waals surface area contributed by atoms with E-state index in [0.29, 0.717) is 44.0 Å². The Hall–Kier alpha value is -3.19. The largest absolute Gasteiger partial charge is 0.507 e. The Labute approximate surface area is 181 Å². The topological polar surface area (TPSA) is 61.6 Å². The van der Waals surface area contributed by atoms with Crippen LogP contribution in [0.5, 0.6) is 5.75 Å². The molecular weight excluding hydrogens is 395 g/mol. The normalized spacial score (nSPS) is 15.8.